The molecule has 1 aliphatic rings. The zero-order valence-electron chi connectivity index (χ0n) is 11.1. The maximum absolute atomic E-state index is 13.4. The van der Waals surface area contributed by atoms with Gasteiger partial charge >= 0.3 is 0 Å². The molecular formula is C15H14FN3O. The minimum Gasteiger partial charge on any atom is -0.371 e. The number of halogens is 1. The maximum atomic E-state index is 13.4. The van der Waals surface area contributed by atoms with Crippen LogP contribution >= 0.6 is 0 Å². The summed E-state index contributed by atoms with van der Waals surface area (Å²) >= 11 is 0. The van der Waals surface area contributed by atoms with Crippen LogP contribution in [0.5, 0.6) is 0 Å². The van der Waals surface area contributed by atoms with Gasteiger partial charge in [0.05, 0.1) is 11.4 Å². The highest BCUT2D eigenvalue weighted by Gasteiger charge is 2.26. The first kappa shape index (κ1) is 12.6. The van der Waals surface area contributed by atoms with E-state index in [-0.39, 0.29) is 11.7 Å². The van der Waals surface area contributed by atoms with Crippen molar-refractivity contribution < 1.29 is 9.18 Å². The highest BCUT2D eigenvalue weighted by molar-refractivity contribution is 6.08. The summed E-state index contributed by atoms with van der Waals surface area (Å²) in [5.41, 5.74) is 2.06. The van der Waals surface area contributed by atoms with Gasteiger partial charge in [0.2, 0.25) is 0 Å². The van der Waals surface area contributed by atoms with Crippen LogP contribution in [0.1, 0.15) is 10.4 Å². The highest BCUT2D eigenvalue weighted by atomic mass is 19.1. The molecule has 20 heavy (non-hydrogen) atoms. The van der Waals surface area contributed by atoms with Crippen LogP contribution in [-0.2, 0) is 0 Å². The molecule has 1 aromatic heterocycles. The molecule has 0 fully saturated rings. The van der Waals surface area contributed by atoms with Crippen molar-refractivity contribution in [2.45, 2.75) is 0 Å². The van der Waals surface area contributed by atoms with Crippen LogP contribution in [0.3, 0.4) is 0 Å². The van der Waals surface area contributed by atoms with E-state index in [1.54, 1.807) is 35.5 Å². The molecule has 2 aromatic rings. The van der Waals surface area contributed by atoms with Gasteiger partial charge < -0.3 is 9.80 Å². The Hall–Kier alpha value is -2.43. The number of anilines is 2. The quantitative estimate of drug-likeness (QED) is 0.798. The minimum atomic E-state index is -0.297. The second kappa shape index (κ2) is 4.92. The third kappa shape index (κ3) is 2.11. The Balaban J connectivity index is 2.01. The molecule has 102 valence electrons. The average molecular weight is 271 g/mol. The van der Waals surface area contributed by atoms with Crippen molar-refractivity contribution in [3.8, 4) is 0 Å². The number of fused-ring (bicyclic) bond motifs is 1. The van der Waals surface area contributed by atoms with Crippen molar-refractivity contribution in [3.63, 3.8) is 0 Å². The van der Waals surface area contributed by atoms with Gasteiger partial charge in [0.25, 0.3) is 5.91 Å². The number of hydrogen-bond donors (Lipinski definition) is 0. The number of amides is 1. The number of hydrogen-bond acceptors (Lipinski definition) is 3. The number of carbonyl (C=O) groups is 1. The lowest BCUT2D eigenvalue weighted by Gasteiger charge is -2.35. The highest BCUT2D eigenvalue weighted by Crippen LogP contribution is 2.33. The van der Waals surface area contributed by atoms with Gasteiger partial charge in [-0.15, -0.1) is 0 Å². The van der Waals surface area contributed by atoms with Crippen LogP contribution in [0.4, 0.5) is 15.8 Å². The van der Waals surface area contributed by atoms with Gasteiger partial charge in [-0.05, 0) is 30.3 Å². The Bertz CT molecular complexity index is 645. The predicted molar refractivity (Wildman–Crippen MR) is 75.6 cm³/mol. The van der Waals surface area contributed by atoms with Gasteiger partial charge in [-0.25, -0.2) is 4.39 Å². The summed E-state index contributed by atoms with van der Waals surface area (Å²) in [6.45, 7) is 1.25. The Morgan fingerprint density at radius 2 is 1.90 bits per heavy atom. The van der Waals surface area contributed by atoms with E-state index in [9.17, 15) is 9.18 Å². The topological polar surface area (TPSA) is 36.4 Å². The number of rotatable bonds is 1. The van der Waals surface area contributed by atoms with Gasteiger partial charge in [0.15, 0.2) is 0 Å². The van der Waals surface area contributed by atoms with E-state index in [4.69, 9.17) is 0 Å². The first-order valence-electron chi connectivity index (χ1n) is 6.39. The van der Waals surface area contributed by atoms with Crippen molar-refractivity contribution in [3.05, 3.63) is 54.1 Å². The summed E-state index contributed by atoms with van der Waals surface area (Å²) in [5.74, 6) is -0.387. The van der Waals surface area contributed by atoms with Crippen LogP contribution in [0.25, 0.3) is 0 Å². The first-order valence-corrected chi connectivity index (χ1v) is 6.39. The normalized spacial score (nSPS) is 14.1. The summed E-state index contributed by atoms with van der Waals surface area (Å²) < 4.78 is 13.4. The van der Waals surface area contributed by atoms with Crippen LogP contribution in [-0.4, -0.2) is 31.0 Å². The molecule has 0 saturated carbocycles. The lowest BCUT2D eigenvalue weighted by atomic mass is 10.1. The second-order valence-electron chi connectivity index (χ2n) is 4.75. The van der Waals surface area contributed by atoms with Gasteiger partial charge in [-0.3, -0.25) is 9.78 Å². The van der Waals surface area contributed by atoms with Crippen LogP contribution in [0.2, 0.25) is 0 Å². The molecule has 0 bridgehead atoms. The lowest BCUT2D eigenvalue weighted by molar-refractivity contribution is 0.0986. The van der Waals surface area contributed by atoms with Gasteiger partial charge in [0, 0.05) is 38.1 Å². The maximum Gasteiger partial charge on any atom is 0.258 e. The molecule has 2 heterocycles. The van der Waals surface area contributed by atoms with Crippen LogP contribution in [0, 0.1) is 5.82 Å². The smallest absolute Gasteiger partial charge is 0.258 e. The summed E-state index contributed by atoms with van der Waals surface area (Å²) in [5, 5.41) is 0. The van der Waals surface area contributed by atoms with E-state index in [1.165, 1.54) is 12.1 Å². The van der Waals surface area contributed by atoms with Crippen molar-refractivity contribution >= 4 is 17.3 Å². The van der Waals surface area contributed by atoms with Gasteiger partial charge in [-0.1, -0.05) is 0 Å². The fourth-order valence-electron chi connectivity index (χ4n) is 2.38. The fourth-order valence-corrected chi connectivity index (χ4v) is 2.38. The molecule has 5 heteroatoms. The summed E-state index contributed by atoms with van der Waals surface area (Å²) in [6.07, 6.45) is 3.18. The Morgan fingerprint density at radius 1 is 1.15 bits per heavy atom. The zero-order valence-corrected chi connectivity index (χ0v) is 11.1. The fraction of sp³-hybridized carbons (Fsp3) is 0.200. The molecule has 4 nitrogen and oxygen atoms in total. The molecule has 1 aromatic carbocycles. The molecule has 0 saturated heterocycles. The molecule has 0 atom stereocenters. The van der Waals surface area contributed by atoms with E-state index in [1.807, 2.05) is 11.9 Å². The Labute approximate surface area is 116 Å². The van der Waals surface area contributed by atoms with E-state index < -0.39 is 0 Å². The summed E-state index contributed by atoms with van der Waals surface area (Å²) in [4.78, 5) is 20.1. The predicted octanol–water partition coefficient (Wildman–Crippen LogP) is 2.32. The number of nitrogens with zero attached hydrogens (tertiary/aromatic N) is 3. The number of pyridine rings is 1. The van der Waals surface area contributed by atoms with Crippen LogP contribution in [0.15, 0.2) is 42.7 Å². The van der Waals surface area contributed by atoms with Crippen LogP contribution < -0.4 is 9.80 Å². The number of aromatic nitrogens is 1. The molecule has 1 aliphatic heterocycles. The number of carbonyl (C=O) groups excluding carboxylic acids is 1. The first-order chi connectivity index (χ1) is 9.66. The summed E-state index contributed by atoms with van der Waals surface area (Å²) in [6, 6.07) is 7.86. The van der Waals surface area contributed by atoms with Crippen molar-refractivity contribution in [2.75, 3.05) is 29.9 Å². The van der Waals surface area contributed by atoms with Crippen molar-refractivity contribution in [1.82, 2.24) is 4.98 Å². The van der Waals surface area contributed by atoms with E-state index in [0.717, 1.165) is 11.4 Å². The SMILES string of the molecule is CN1CCN(C(=O)c2ccncc2)c2ccc(F)cc21. The van der Waals surface area contributed by atoms with E-state index in [0.29, 0.717) is 18.7 Å². The minimum absolute atomic E-state index is 0.0895. The molecule has 1 amide bonds. The van der Waals surface area contributed by atoms with Crippen molar-refractivity contribution in [1.29, 1.82) is 0 Å². The molecule has 0 spiro atoms. The standard InChI is InChI=1S/C15H14FN3O/c1-18-8-9-19(13-3-2-12(16)10-14(13)18)15(20)11-4-6-17-7-5-11/h2-7,10H,8-9H2,1H3. The van der Waals surface area contributed by atoms with Gasteiger partial charge in [0.1, 0.15) is 5.82 Å². The van der Waals surface area contributed by atoms with Gasteiger partial charge in [-0.2, -0.15) is 0 Å². The molecule has 3 rings (SSSR count). The van der Waals surface area contributed by atoms with E-state index in [2.05, 4.69) is 4.98 Å². The molecule has 0 N–H and O–H groups in total. The monoisotopic (exact) mass is 271 g/mol. The van der Waals surface area contributed by atoms with E-state index >= 15 is 0 Å². The average Bonchev–Trinajstić information content (AvgIpc) is 2.48. The molecule has 0 unspecified atom stereocenters. The van der Waals surface area contributed by atoms with Crippen molar-refractivity contribution in [2.24, 2.45) is 0 Å². The molecule has 0 aliphatic carbocycles. The molecule has 0 radical (unpaired) electrons. The lowest BCUT2D eigenvalue weighted by Crippen LogP contribution is -2.42. The Kier molecular flexibility index (Phi) is 3.10. The summed E-state index contributed by atoms with van der Waals surface area (Å²) in [7, 11) is 1.90. The number of benzene rings is 1. The third-order valence-corrected chi connectivity index (χ3v) is 3.47. The Morgan fingerprint density at radius 3 is 2.65 bits per heavy atom. The second-order valence-corrected chi connectivity index (χ2v) is 4.75. The zero-order chi connectivity index (χ0) is 14.1. The largest absolute Gasteiger partial charge is 0.371 e. The number of likely N-dealkylation sites (N-methyl/N-ethyl adjacent to an activating group) is 1. The molecular weight excluding hydrogens is 257 g/mol. The third-order valence-electron chi connectivity index (χ3n) is 3.47.